The summed E-state index contributed by atoms with van der Waals surface area (Å²) < 4.78 is 0. The number of hydrogen-bond donors (Lipinski definition) is 1. The average Bonchev–Trinajstić information content (AvgIpc) is 2.48. The number of carboxylic acid groups (broad SMARTS) is 1. The zero-order valence-electron chi connectivity index (χ0n) is 10.8. The van der Waals surface area contributed by atoms with Crippen molar-refractivity contribution in [3.63, 3.8) is 0 Å². The van der Waals surface area contributed by atoms with Crippen LogP contribution >= 0.6 is 0 Å². The Bertz CT molecular complexity index is 758. The Kier molecular flexibility index (Phi) is 3.17. The molecule has 3 rings (SSSR count). The molecule has 0 spiro atoms. The third-order valence-electron chi connectivity index (χ3n) is 3.33. The molecule has 0 atom stereocenters. The Hall–Kier alpha value is -2.68. The lowest BCUT2D eigenvalue weighted by atomic mass is 10.0. The second kappa shape index (κ2) is 5.13. The molecular weight excluding hydrogens is 250 g/mol. The molecule has 1 aromatic heterocycles. The Morgan fingerprint density at radius 1 is 1.00 bits per heavy atom. The second-order valence-corrected chi connectivity index (χ2v) is 4.67. The first kappa shape index (κ1) is 12.4. The monoisotopic (exact) mass is 263 g/mol. The van der Waals surface area contributed by atoms with E-state index >= 15 is 0 Å². The molecule has 0 unspecified atom stereocenters. The highest BCUT2D eigenvalue weighted by Crippen LogP contribution is 2.19. The highest BCUT2D eigenvalue weighted by Gasteiger charge is 2.05. The van der Waals surface area contributed by atoms with Gasteiger partial charge < -0.3 is 5.11 Å². The first-order valence-corrected chi connectivity index (χ1v) is 6.39. The van der Waals surface area contributed by atoms with Crippen LogP contribution in [0.1, 0.15) is 21.5 Å². The summed E-state index contributed by atoms with van der Waals surface area (Å²) in [5.41, 5.74) is 3.57. The minimum Gasteiger partial charge on any atom is -0.478 e. The Morgan fingerprint density at radius 3 is 2.50 bits per heavy atom. The maximum atomic E-state index is 10.8. The van der Waals surface area contributed by atoms with Crippen LogP contribution in [-0.4, -0.2) is 16.1 Å². The van der Waals surface area contributed by atoms with Crippen LogP contribution in [0.4, 0.5) is 0 Å². The molecule has 0 fully saturated rings. The third kappa shape index (κ3) is 2.38. The smallest absolute Gasteiger partial charge is 0.335 e. The average molecular weight is 263 g/mol. The summed E-state index contributed by atoms with van der Waals surface area (Å²) in [7, 11) is 0. The normalized spacial score (nSPS) is 10.6. The summed E-state index contributed by atoms with van der Waals surface area (Å²) in [5.74, 6) is -0.897. The molecule has 3 nitrogen and oxygen atoms in total. The summed E-state index contributed by atoms with van der Waals surface area (Å²) >= 11 is 0. The topological polar surface area (TPSA) is 50.2 Å². The van der Waals surface area contributed by atoms with E-state index in [1.807, 2.05) is 42.6 Å². The molecular formula is C17H13NO2. The second-order valence-electron chi connectivity index (χ2n) is 4.67. The van der Waals surface area contributed by atoms with Gasteiger partial charge in [0.05, 0.1) is 11.1 Å². The van der Waals surface area contributed by atoms with Gasteiger partial charge in [-0.1, -0.05) is 30.3 Å². The van der Waals surface area contributed by atoms with E-state index in [9.17, 15) is 4.79 Å². The quantitative estimate of drug-likeness (QED) is 0.786. The van der Waals surface area contributed by atoms with Crippen LogP contribution < -0.4 is 0 Å². The van der Waals surface area contributed by atoms with Gasteiger partial charge in [-0.05, 0) is 41.8 Å². The largest absolute Gasteiger partial charge is 0.478 e. The predicted octanol–water partition coefficient (Wildman–Crippen LogP) is 3.52. The maximum Gasteiger partial charge on any atom is 0.335 e. The van der Waals surface area contributed by atoms with Crippen molar-refractivity contribution < 1.29 is 9.90 Å². The van der Waals surface area contributed by atoms with Crippen molar-refractivity contribution >= 4 is 16.9 Å². The van der Waals surface area contributed by atoms with Gasteiger partial charge in [-0.3, -0.25) is 4.98 Å². The number of rotatable bonds is 3. The van der Waals surface area contributed by atoms with E-state index in [4.69, 9.17) is 5.11 Å². The van der Waals surface area contributed by atoms with E-state index in [1.165, 1.54) is 5.56 Å². The van der Waals surface area contributed by atoms with Crippen LogP contribution in [0.15, 0.2) is 60.8 Å². The van der Waals surface area contributed by atoms with Crippen molar-refractivity contribution in [1.82, 2.24) is 4.98 Å². The molecule has 98 valence electrons. The van der Waals surface area contributed by atoms with Crippen LogP contribution in [0.2, 0.25) is 0 Å². The first-order valence-electron chi connectivity index (χ1n) is 6.39. The molecule has 0 amide bonds. The van der Waals surface area contributed by atoms with E-state index in [0.717, 1.165) is 22.9 Å². The van der Waals surface area contributed by atoms with Gasteiger partial charge in [0.1, 0.15) is 0 Å². The lowest BCUT2D eigenvalue weighted by Gasteiger charge is -2.06. The lowest BCUT2D eigenvalue weighted by Crippen LogP contribution is -1.97. The Labute approximate surface area is 116 Å². The van der Waals surface area contributed by atoms with Gasteiger partial charge in [-0.2, -0.15) is 0 Å². The van der Waals surface area contributed by atoms with Gasteiger partial charge in [0.15, 0.2) is 0 Å². The van der Waals surface area contributed by atoms with Gasteiger partial charge in [-0.15, -0.1) is 0 Å². The minimum atomic E-state index is -0.897. The van der Waals surface area contributed by atoms with Crippen LogP contribution in [-0.2, 0) is 6.42 Å². The van der Waals surface area contributed by atoms with Gasteiger partial charge in [0.25, 0.3) is 0 Å². The number of aromatic nitrogens is 1. The number of nitrogens with zero attached hydrogens (tertiary/aromatic N) is 1. The van der Waals surface area contributed by atoms with Gasteiger partial charge in [0.2, 0.25) is 0 Å². The molecule has 0 bridgehead atoms. The molecule has 0 saturated carbocycles. The zero-order valence-corrected chi connectivity index (χ0v) is 10.8. The molecule has 0 aliphatic rings. The van der Waals surface area contributed by atoms with Crippen molar-refractivity contribution in [3.8, 4) is 0 Å². The van der Waals surface area contributed by atoms with E-state index in [-0.39, 0.29) is 0 Å². The van der Waals surface area contributed by atoms with Gasteiger partial charge in [-0.25, -0.2) is 4.79 Å². The minimum absolute atomic E-state index is 0.313. The molecule has 3 aromatic rings. The van der Waals surface area contributed by atoms with Crippen molar-refractivity contribution in [2.75, 3.05) is 0 Å². The molecule has 1 heterocycles. The Morgan fingerprint density at radius 2 is 1.75 bits per heavy atom. The van der Waals surface area contributed by atoms with Gasteiger partial charge in [0, 0.05) is 11.6 Å². The number of hydrogen-bond acceptors (Lipinski definition) is 2. The fourth-order valence-electron chi connectivity index (χ4n) is 2.29. The molecule has 0 aliphatic heterocycles. The fraction of sp³-hybridized carbons (Fsp3) is 0.0588. The highest BCUT2D eigenvalue weighted by atomic mass is 16.4. The van der Waals surface area contributed by atoms with Crippen LogP contribution in [0.5, 0.6) is 0 Å². The summed E-state index contributed by atoms with van der Waals surface area (Å²) in [4.78, 5) is 15.2. The summed E-state index contributed by atoms with van der Waals surface area (Å²) in [5, 5.41) is 10.0. The SMILES string of the molecule is O=C(O)c1ccc(Cc2ccnc3ccccc23)cc1. The van der Waals surface area contributed by atoms with E-state index < -0.39 is 5.97 Å². The van der Waals surface area contributed by atoms with Crippen molar-refractivity contribution in [3.05, 3.63) is 77.5 Å². The van der Waals surface area contributed by atoms with Crippen molar-refractivity contribution in [1.29, 1.82) is 0 Å². The molecule has 2 aromatic carbocycles. The molecule has 0 saturated heterocycles. The van der Waals surface area contributed by atoms with Crippen molar-refractivity contribution in [2.45, 2.75) is 6.42 Å². The van der Waals surface area contributed by atoms with E-state index in [1.54, 1.807) is 12.1 Å². The van der Waals surface area contributed by atoms with E-state index in [0.29, 0.717) is 5.56 Å². The zero-order chi connectivity index (χ0) is 13.9. The number of aromatic carboxylic acids is 1. The molecule has 0 radical (unpaired) electrons. The number of carboxylic acids is 1. The molecule has 1 N–H and O–H groups in total. The van der Waals surface area contributed by atoms with Crippen LogP contribution in [0.3, 0.4) is 0 Å². The fourth-order valence-corrected chi connectivity index (χ4v) is 2.29. The van der Waals surface area contributed by atoms with E-state index in [2.05, 4.69) is 11.1 Å². The maximum absolute atomic E-state index is 10.8. The predicted molar refractivity (Wildman–Crippen MR) is 78.0 cm³/mol. The number of pyridine rings is 1. The first-order chi connectivity index (χ1) is 9.74. The number of fused-ring (bicyclic) bond motifs is 1. The standard InChI is InChI=1S/C17H13NO2/c19-17(20)13-7-5-12(6-8-13)11-14-9-10-18-16-4-2-1-3-15(14)16/h1-10H,11H2,(H,19,20). The van der Waals surface area contributed by atoms with Crippen LogP contribution in [0.25, 0.3) is 10.9 Å². The van der Waals surface area contributed by atoms with Gasteiger partial charge >= 0.3 is 5.97 Å². The molecule has 3 heteroatoms. The Balaban J connectivity index is 1.95. The lowest BCUT2D eigenvalue weighted by molar-refractivity contribution is 0.0697. The number of benzene rings is 2. The summed E-state index contributed by atoms with van der Waals surface area (Å²) in [6, 6.07) is 17.0. The molecule has 0 aliphatic carbocycles. The summed E-state index contributed by atoms with van der Waals surface area (Å²) in [6.07, 6.45) is 2.58. The highest BCUT2D eigenvalue weighted by molar-refractivity contribution is 5.87. The third-order valence-corrected chi connectivity index (χ3v) is 3.33. The van der Waals surface area contributed by atoms with Crippen molar-refractivity contribution in [2.24, 2.45) is 0 Å². The van der Waals surface area contributed by atoms with Crippen LogP contribution in [0, 0.1) is 0 Å². The summed E-state index contributed by atoms with van der Waals surface area (Å²) in [6.45, 7) is 0. The number of para-hydroxylation sites is 1. The molecule has 20 heavy (non-hydrogen) atoms. The number of carbonyl (C=O) groups is 1.